The van der Waals surface area contributed by atoms with E-state index in [9.17, 15) is 4.79 Å². The van der Waals surface area contributed by atoms with Crippen molar-refractivity contribution in [3.63, 3.8) is 0 Å². The van der Waals surface area contributed by atoms with Gasteiger partial charge in [-0.1, -0.05) is 40.2 Å². The molecule has 0 aromatic heterocycles. The third kappa shape index (κ3) is 6.34. The van der Waals surface area contributed by atoms with E-state index in [4.69, 9.17) is 9.47 Å². The van der Waals surface area contributed by atoms with Gasteiger partial charge in [0, 0.05) is 35.0 Å². The number of rotatable bonds is 6. The molecule has 2 aliphatic heterocycles. The van der Waals surface area contributed by atoms with Crippen LogP contribution in [0.2, 0.25) is 0 Å². The Kier molecular flexibility index (Phi) is 8.77. The number of quaternary nitrogens is 1. The third-order valence-electron chi connectivity index (χ3n) is 6.22. The summed E-state index contributed by atoms with van der Waals surface area (Å²) in [6.45, 7) is 3.53. The van der Waals surface area contributed by atoms with Gasteiger partial charge >= 0.3 is 0 Å². The van der Waals surface area contributed by atoms with Gasteiger partial charge in [0.15, 0.2) is 0 Å². The highest BCUT2D eigenvalue weighted by Gasteiger charge is 2.30. The van der Waals surface area contributed by atoms with Gasteiger partial charge in [-0.3, -0.25) is 4.79 Å². The average molecular weight is 613 g/mol. The van der Waals surface area contributed by atoms with Crippen LogP contribution in [0.1, 0.15) is 29.5 Å². The molecule has 0 unspecified atom stereocenters. The molecule has 32 heavy (non-hydrogen) atoms. The maximum atomic E-state index is 12.6. The Morgan fingerprint density at radius 2 is 1.78 bits per heavy atom. The van der Waals surface area contributed by atoms with Crippen molar-refractivity contribution in [3.05, 3.63) is 69.2 Å². The summed E-state index contributed by atoms with van der Waals surface area (Å²) in [6, 6.07) is 15.0. The van der Waals surface area contributed by atoms with E-state index in [1.165, 1.54) is 5.56 Å². The summed E-state index contributed by atoms with van der Waals surface area (Å²) in [4.78, 5) is 12.6. The van der Waals surface area contributed by atoms with Crippen LogP contribution < -0.4 is 34.0 Å². The van der Waals surface area contributed by atoms with Crippen LogP contribution >= 0.6 is 15.9 Å². The fraction of sp³-hybridized carbons (Fsp3) is 0.400. The van der Waals surface area contributed by atoms with Crippen LogP contribution in [0.25, 0.3) is 6.08 Å². The van der Waals surface area contributed by atoms with Crippen LogP contribution in [0.15, 0.2) is 52.5 Å². The minimum absolute atomic E-state index is 0. The quantitative estimate of drug-likeness (QED) is 0.395. The van der Waals surface area contributed by atoms with Crippen LogP contribution in [-0.2, 0) is 22.6 Å². The Labute approximate surface area is 215 Å². The first-order valence-corrected chi connectivity index (χ1v) is 11.6. The number of benzene rings is 2. The van der Waals surface area contributed by atoms with Crippen molar-refractivity contribution in [3.8, 4) is 5.75 Å². The van der Waals surface area contributed by atoms with Gasteiger partial charge in [-0.05, 0) is 29.8 Å². The second-order valence-electron chi connectivity index (χ2n) is 8.92. The predicted octanol–water partition coefficient (Wildman–Crippen LogP) is 1.30. The zero-order valence-corrected chi connectivity index (χ0v) is 22.3. The Morgan fingerprint density at radius 3 is 2.50 bits per heavy atom. The molecule has 2 aromatic carbocycles. The van der Waals surface area contributed by atoms with Crippen LogP contribution in [0.5, 0.6) is 5.75 Å². The van der Waals surface area contributed by atoms with Gasteiger partial charge in [-0.25, -0.2) is 0 Å². The standard InChI is InChI=1S/C25H29BrN2O3.HI/c1-28(2,23-9-11-30-12-10-23)16-19-5-3-18(4-6-19)15-27-25(29)21-13-20-14-22(26)7-8-24(20)31-17-21;/h3-8,13-14,23H,9-12,15-17H2,1-2H3;1H. The number of carbonyl (C=O) groups is 1. The molecule has 5 nitrogen and oxygen atoms in total. The summed E-state index contributed by atoms with van der Waals surface area (Å²) in [5.74, 6) is 0.712. The molecule has 7 heteroatoms. The maximum Gasteiger partial charge on any atom is 0.250 e. The fourth-order valence-electron chi connectivity index (χ4n) is 4.32. The Hall–Kier alpha value is -1.42. The molecule has 2 aromatic rings. The normalized spacial score (nSPS) is 16.3. The number of fused-ring (bicyclic) bond motifs is 1. The molecule has 1 fully saturated rings. The number of hydrogen-bond donors (Lipinski definition) is 1. The zero-order chi connectivity index (χ0) is 21.8. The highest BCUT2D eigenvalue weighted by Crippen LogP contribution is 2.29. The Bertz CT molecular complexity index is 970. The van der Waals surface area contributed by atoms with E-state index < -0.39 is 0 Å². The van der Waals surface area contributed by atoms with Crippen molar-refractivity contribution >= 4 is 27.9 Å². The van der Waals surface area contributed by atoms with Crippen molar-refractivity contribution in [2.75, 3.05) is 33.9 Å². The summed E-state index contributed by atoms with van der Waals surface area (Å²) in [7, 11) is 4.61. The molecule has 0 spiro atoms. The number of amides is 1. The van der Waals surface area contributed by atoms with Crippen LogP contribution in [0.4, 0.5) is 0 Å². The molecule has 1 amide bonds. The van der Waals surface area contributed by atoms with E-state index in [0.29, 0.717) is 24.8 Å². The van der Waals surface area contributed by atoms with Crippen molar-refractivity contribution in [1.82, 2.24) is 5.32 Å². The highest BCUT2D eigenvalue weighted by atomic mass is 127. The summed E-state index contributed by atoms with van der Waals surface area (Å²) in [6.07, 6.45) is 4.15. The molecular weight excluding hydrogens is 583 g/mol. The van der Waals surface area contributed by atoms with E-state index in [1.807, 2.05) is 24.3 Å². The summed E-state index contributed by atoms with van der Waals surface area (Å²) in [5.41, 5.74) is 3.96. The predicted molar refractivity (Wildman–Crippen MR) is 126 cm³/mol. The lowest BCUT2D eigenvalue weighted by Crippen LogP contribution is -3.00. The molecule has 0 atom stereocenters. The topological polar surface area (TPSA) is 47.6 Å². The Balaban J connectivity index is 0.00000289. The second-order valence-corrected chi connectivity index (χ2v) is 9.84. The monoisotopic (exact) mass is 612 g/mol. The van der Waals surface area contributed by atoms with E-state index in [1.54, 1.807) is 0 Å². The molecular formula is C25H30BrIN2O3. The fourth-order valence-corrected chi connectivity index (χ4v) is 4.70. The lowest BCUT2D eigenvalue weighted by molar-refractivity contribution is -0.929. The number of nitrogens with zero attached hydrogens (tertiary/aromatic N) is 1. The molecule has 0 radical (unpaired) electrons. The van der Waals surface area contributed by atoms with Crippen LogP contribution in [-0.4, -0.2) is 50.3 Å². The SMILES string of the molecule is C[N+](C)(Cc1ccc(CNC(=O)C2=Cc3cc(Br)ccc3OC2)cc1)C1CCOCC1.[I-]. The van der Waals surface area contributed by atoms with Gasteiger partial charge in [-0.15, -0.1) is 0 Å². The summed E-state index contributed by atoms with van der Waals surface area (Å²) < 4.78 is 13.2. The average Bonchev–Trinajstić information content (AvgIpc) is 2.78. The molecule has 172 valence electrons. The van der Waals surface area contributed by atoms with Gasteiger partial charge < -0.3 is 43.3 Å². The minimum atomic E-state index is -0.0907. The smallest absolute Gasteiger partial charge is 0.250 e. The van der Waals surface area contributed by atoms with E-state index in [0.717, 1.165) is 58.4 Å². The first-order valence-electron chi connectivity index (χ1n) is 10.8. The molecule has 0 aliphatic carbocycles. The van der Waals surface area contributed by atoms with E-state index in [2.05, 4.69) is 59.6 Å². The first-order chi connectivity index (χ1) is 14.9. The number of halogens is 2. The van der Waals surface area contributed by atoms with Gasteiger partial charge in [-0.2, -0.15) is 0 Å². The third-order valence-corrected chi connectivity index (χ3v) is 6.72. The minimum Gasteiger partial charge on any atom is -1.00 e. The van der Waals surface area contributed by atoms with E-state index >= 15 is 0 Å². The molecule has 1 saturated heterocycles. The van der Waals surface area contributed by atoms with E-state index in [-0.39, 0.29) is 29.9 Å². The summed E-state index contributed by atoms with van der Waals surface area (Å²) >= 11 is 3.46. The second kappa shape index (κ2) is 11.1. The van der Waals surface area contributed by atoms with Gasteiger partial charge in [0.2, 0.25) is 0 Å². The molecule has 0 saturated carbocycles. The van der Waals surface area contributed by atoms with Gasteiger partial charge in [0.25, 0.3) is 5.91 Å². The highest BCUT2D eigenvalue weighted by molar-refractivity contribution is 9.10. The number of ether oxygens (including phenoxy) is 2. The lowest BCUT2D eigenvalue weighted by Gasteiger charge is -2.40. The number of hydrogen-bond acceptors (Lipinski definition) is 3. The number of nitrogens with one attached hydrogen (secondary N) is 1. The molecule has 2 heterocycles. The summed E-state index contributed by atoms with van der Waals surface area (Å²) in [5, 5.41) is 3.02. The van der Waals surface area contributed by atoms with Crippen molar-refractivity contribution < 1.29 is 42.7 Å². The first kappa shape index (κ1) is 25.2. The Morgan fingerprint density at radius 1 is 1.09 bits per heavy atom. The van der Waals surface area contributed by atoms with Gasteiger partial charge in [0.05, 0.1) is 38.9 Å². The molecule has 0 bridgehead atoms. The van der Waals surface area contributed by atoms with Crippen molar-refractivity contribution in [2.45, 2.75) is 32.0 Å². The van der Waals surface area contributed by atoms with Crippen molar-refractivity contribution in [1.29, 1.82) is 0 Å². The van der Waals surface area contributed by atoms with Crippen molar-refractivity contribution in [2.24, 2.45) is 0 Å². The molecule has 1 N–H and O–H groups in total. The zero-order valence-electron chi connectivity index (χ0n) is 18.6. The van der Waals surface area contributed by atoms with Crippen LogP contribution in [0.3, 0.4) is 0 Å². The molecule has 2 aliphatic rings. The largest absolute Gasteiger partial charge is 1.00 e. The van der Waals surface area contributed by atoms with Crippen LogP contribution in [0, 0.1) is 0 Å². The molecule has 4 rings (SSSR count). The van der Waals surface area contributed by atoms with Gasteiger partial charge in [0.1, 0.15) is 18.9 Å². The lowest BCUT2D eigenvalue weighted by atomic mass is 10.0. The maximum absolute atomic E-state index is 12.6. The number of carbonyl (C=O) groups excluding carboxylic acids is 1.